The van der Waals surface area contributed by atoms with E-state index in [2.05, 4.69) is 10.6 Å². The monoisotopic (exact) mass is 455 g/mol. The molecule has 3 N–H and O–H groups in total. The summed E-state index contributed by atoms with van der Waals surface area (Å²) >= 11 is 0. The second kappa shape index (κ2) is 10.3. The molecule has 3 aromatic rings. The SMILES string of the molecule is COc1cccc(-c2cccc(OC(=O)CCNC(=O)Nc3c(O)ccn(C)c3=O)c2)c1F. The molecule has 0 aliphatic carbocycles. The zero-order valence-electron chi connectivity index (χ0n) is 17.9. The maximum atomic E-state index is 14.5. The minimum atomic E-state index is -0.767. The number of aryl methyl sites for hydroxylation is 1. The number of nitrogens with one attached hydrogen (secondary N) is 2. The Hall–Kier alpha value is -4.34. The molecule has 2 aromatic carbocycles. The highest BCUT2D eigenvalue weighted by molar-refractivity contribution is 5.90. The van der Waals surface area contributed by atoms with E-state index in [0.29, 0.717) is 11.1 Å². The number of aromatic hydroxyl groups is 1. The minimum Gasteiger partial charge on any atom is -0.505 e. The van der Waals surface area contributed by atoms with E-state index < -0.39 is 23.4 Å². The van der Waals surface area contributed by atoms with Crippen molar-refractivity contribution in [2.24, 2.45) is 7.05 Å². The summed E-state index contributed by atoms with van der Waals surface area (Å²) in [5, 5.41) is 14.4. The number of esters is 1. The molecular formula is C23H22FN3O6. The van der Waals surface area contributed by atoms with Crippen LogP contribution in [0.15, 0.2) is 59.5 Å². The zero-order valence-corrected chi connectivity index (χ0v) is 17.9. The molecule has 0 radical (unpaired) electrons. The van der Waals surface area contributed by atoms with Crippen molar-refractivity contribution in [1.29, 1.82) is 0 Å². The molecule has 1 heterocycles. The smallest absolute Gasteiger partial charge is 0.319 e. The van der Waals surface area contributed by atoms with Crippen molar-refractivity contribution in [3.63, 3.8) is 0 Å². The van der Waals surface area contributed by atoms with Crippen molar-refractivity contribution in [2.45, 2.75) is 6.42 Å². The number of carbonyl (C=O) groups excluding carboxylic acids is 2. The van der Waals surface area contributed by atoms with Crippen LogP contribution in [-0.2, 0) is 11.8 Å². The lowest BCUT2D eigenvalue weighted by Crippen LogP contribution is -2.34. The highest BCUT2D eigenvalue weighted by Gasteiger charge is 2.14. The number of benzene rings is 2. The molecule has 1 aromatic heterocycles. The van der Waals surface area contributed by atoms with E-state index in [0.717, 1.165) is 0 Å². The maximum absolute atomic E-state index is 14.5. The molecule has 0 bridgehead atoms. The Balaban J connectivity index is 1.56. The summed E-state index contributed by atoms with van der Waals surface area (Å²) < 4.78 is 26.0. The van der Waals surface area contributed by atoms with E-state index in [9.17, 15) is 23.9 Å². The summed E-state index contributed by atoms with van der Waals surface area (Å²) in [5.41, 5.74) is -0.0714. The first-order chi connectivity index (χ1) is 15.8. The van der Waals surface area contributed by atoms with E-state index in [-0.39, 0.29) is 35.9 Å². The van der Waals surface area contributed by atoms with Crippen LogP contribution in [0, 0.1) is 5.82 Å². The fourth-order valence-electron chi connectivity index (χ4n) is 2.97. The Kier molecular flexibility index (Phi) is 7.29. The number of anilines is 1. The van der Waals surface area contributed by atoms with Crippen LogP contribution in [0.2, 0.25) is 0 Å². The lowest BCUT2D eigenvalue weighted by molar-refractivity contribution is -0.134. The standard InChI is InChI=1S/C23H22FN3O6/c1-27-12-10-17(28)21(22(27)30)26-23(31)25-11-9-19(29)33-15-6-3-5-14(13-15)16-7-4-8-18(32-2)20(16)24/h3-8,10,12-13,28H,9,11H2,1-2H3,(H2,25,26,31). The van der Waals surface area contributed by atoms with Crippen molar-refractivity contribution in [2.75, 3.05) is 19.0 Å². The fraction of sp³-hybridized carbons (Fsp3) is 0.174. The highest BCUT2D eigenvalue weighted by Crippen LogP contribution is 2.30. The zero-order chi connectivity index (χ0) is 24.0. The molecular weight excluding hydrogens is 433 g/mol. The summed E-state index contributed by atoms with van der Waals surface area (Å²) in [6.07, 6.45) is 1.19. The number of urea groups is 1. The summed E-state index contributed by atoms with van der Waals surface area (Å²) in [7, 11) is 2.84. The number of hydrogen-bond donors (Lipinski definition) is 3. The van der Waals surface area contributed by atoms with Gasteiger partial charge in [0.25, 0.3) is 5.56 Å². The van der Waals surface area contributed by atoms with Crippen molar-refractivity contribution in [3.8, 4) is 28.4 Å². The average Bonchev–Trinajstić information content (AvgIpc) is 2.79. The molecule has 0 fully saturated rings. The minimum absolute atomic E-state index is 0.0806. The van der Waals surface area contributed by atoms with Crippen LogP contribution in [0.25, 0.3) is 11.1 Å². The number of aromatic nitrogens is 1. The van der Waals surface area contributed by atoms with Crippen LogP contribution in [0.5, 0.6) is 17.2 Å². The van der Waals surface area contributed by atoms with Gasteiger partial charge >= 0.3 is 12.0 Å². The first-order valence-electron chi connectivity index (χ1n) is 9.87. The van der Waals surface area contributed by atoms with Gasteiger partial charge in [0.05, 0.1) is 13.5 Å². The third-order valence-corrected chi connectivity index (χ3v) is 4.66. The van der Waals surface area contributed by atoms with Gasteiger partial charge in [0.1, 0.15) is 11.5 Å². The van der Waals surface area contributed by atoms with Crippen LogP contribution in [0.3, 0.4) is 0 Å². The van der Waals surface area contributed by atoms with E-state index in [1.807, 2.05) is 0 Å². The predicted molar refractivity (Wildman–Crippen MR) is 119 cm³/mol. The van der Waals surface area contributed by atoms with Gasteiger partial charge in [-0.05, 0) is 29.8 Å². The van der Waals surface area contributed by atoms with Crippen LogP contribution < -0.4 is 25.7 Å². The quantitative estimate of drug-likeness (QED) is 0.372. The van der Waals surface area contributed by atoms with Gasteiger partial charge in [-0.3, -0.25) is 9.59 Å². The van der Waals surface area contributed by atoms with Crippen molar-refractivity contribution in [1.82, 2.24) is 9.88 Å². The van der Waals surface area contributed by atoms with Crippen LogP contribution in [0.4, 0.5) is 14.9 Å². The average molecular weight is 455 g/mol. The molecule has 0 atom stereocenters. The molecule has 0 unspecified atom stereocenters. The van der Waals surface area contributed by atoms with Gasteiger partial charge in [-0.1, -0.05) is 24.3 Å². The topological polar surface area (TPSA) is 119 Å². The maximum Gasteiger partial charge on any atom is 0.319 e. The summed E-state index contributed by atoms with van der Waals surface area (Å²) in [5.74, 6) is -1.22. The Morgan fingerprint density at radius 3 is 2.67 bits per heavy atom. The molecule has 2 amide bonds. The van der Waals surface area contributed by atoms with Gasteiger partial charge in [0.15, 0.2) is 17.3 Å². The lowest BCUT2D eigenvalue weighted by Gasteiger charge is -2.10. The molecule has 172 valence electrons. The Labute approximate surface area is 188 Å². The lowest BCUT2D eigenvalue weighted by atomic mass is 10.0. The number of amides is 2. The Morgan fingerprint density at radius 1 is 1.15 bits per heavy atom. The summed E-state index contributed by atoms with van der Waals surface area (Å²) in [6, 6.07) is 11.6. The molecule has 0 spiro atoms. The normalized spacial score (nSPS) is 10.4. The largest absolute Gasteiger partial charge is 0.505 e. The van der Waals surface area contributed by atoms with E-state index in [1.54, 1.807) is 30.3 Å². The Morgan fingerprint density at radius 2 is 1.91 bits per heavy atom. The van der Waals surface area contributed by atoms with Crippen molar-refractivity contribution in [3.05, 3.63) is 70.9 Å². The third-order valence-electron chi connectivity index (χ3n) is 4.66. The third kappa shape index (κ3) is 5.67. The number of halogens is 1. The molecule has 0 aliphatic rings. The van der Waals surface area contributed by atoms with Crippen LogP contribution in [-0.4, -0.2) is 35.3 Å². The van der Waals surface area contributed by atoms with Gasteiger partial charge in [-0.2, -0.15) is 0 Å². The molecule has 33 heavy (non-hydrogen) atoms. The number of pyridine rings is 1. The van der Waals surface area contributed by atoms with E-state index >= 15 is 0 Å². The van der Waals surface area contributed by atoms with Crippen molar-refractivity contribution < 1.29 is 28.6 Å². The van der Waals surface area contributed by atoms with Gasteiger partial charge in [-0.15, -0.1) is 0 Å². The van der Waals surface area contributed by atoms with Gasteiger partial charge < -0.3 is 29.8 Å². The number of carbonyl (C=O) groups is 2. The highest BCUT2D eigenvalue weighted by atomic mass is 19.1. The second-order valence-electron chi connectivity index (χ2n) is 6.95. The number of methoxy groups -OCH3 is 1. The van der Waals surface area contributed by atoms with Crippen LogP contribution >= 0.6 is 0 Å². The molecule has 3 rings (SSSR count). The second-order valence-corrected chi connectivity index (χ2v) is 6.95. The number of rotatable bonds is 7. The van der Waals surface area contributed by atoms with Gasteiger partial charge in [0.2, 0.25) is 0 Å². The van der Waals surface area contributed by atoms with E-state index in [1.165, 1.54) is 43.1 Å². The van der Waals surface area contributed by atoms with Crippen molar-refractivity contribution >= 4 is 17.7 Å². The van der Waals surface area contributed by atoms with Gasteiger partial charge in [-0.25, -0.2) is 9.18 Å². The molecule has 0 saturated carbocycles. The molecule has 0 aliphatic heterocycles. The Bertz CT molecular complexity index is 1240. The van der Waals surface area contributed by atoms with Crippen LogP contribution in [0.1, 0.15) is 6.42 Å². The summed E-state index contributed by atoms with van der Waals surface area (Å²) in [4.78, 5) is 36.1. The first-order valence-corrected chi connectivity index (χ1v) is 9.87. The number of ether oxygens (including phenoxy) is 2. The number of hydrogen-bond acceptors (Lipinski definition) is 6. The fourth-order valence-corrected chi connectivity index (χ4v) is 2.97. The first kappa shape index (κ1) is 23.3. The molecule has 10 heteroatoms. The summed E-state index contributed by atoms with van der Waals surface area (Å²) in [6.45, 7) is -0.0806. The molecule has 9 nitrogen and oxygen atoms in total. The van der Waals surface area contributed by atoms with E-state index in [4.69, 9.17) is 9.47 Å². The van der Waals surface area contributed by atoms with Gasteiger partial charge in [0, 0.05) is 25.4 Å². The molecule has 0 saturated heterocycles. The predicted octanol–water partition coefficient (Wildman–Crippen LogP) is 3.02. The number of nitrogens with zero attached hydrogens (tertiary/aromatic N) is 1.